The Balaban J connectivity index is 1.35. The van der Waals surface area contributed by atoms with Crippen molar-refractivity contribution in [2.24, 2.45) is 10.9 Å². The predicted octanol–water partition coefficient (Wildman–Crippen LogP) is 5.04. The van der Waals surface area contributed by atoms with Gasteiger partial charge in [0, 0.05) is 43.5 Å². The molecule has 42 heavy (non-hydrogen) atoms. The Morgan fingerprint density at radius 3 is 2.40 bits per heavy atom. The Hall–Kier alpha value is -3.25. The average Bonchev–Trinajstić information content (AvgIpc) is 3.57. The molecule has 0 radical (unpaired) electrons. The second-order valence-electron chi connectivity index (χ2n) is 11.3. The molecule has 0 aliphatic carbocycles. The minimum atomic E-state index is -3.64. The van der Waals surface area contributed by atoms with Crippen LogP contribution in [0.25, 0.3) is 23.0 Å². The van der Waals surface area contributed by atoms with Gasteiger partial charge in [-0.25, -0.2) is 13.1 Å². The maximum Gasteiger partial charge on any atom is 0.286 e. The number of thioether (sulfide) groups is 1. The summed E-state index contributed by atoms with van der Waals surface area (Å²) in [5, 5.41) is 5.55. The minimum absolute atomic E-state index is 0.0489. The summed E-state index contributed by atoms with van der Waals surface area (Å²) < 4.78 is 36.3. The van der Waals surface area contributed by atoms with Crippen molar-refractivity contribution in [1.29, 1.82) is 0 Å². The van der Waals surface area contributed by atoms with Crippen molar-refractivity contribution in [2.45, 2.75) is 50.7 Å². The van der Waals surface area contributed by atoms with Gasteiger partial charge in [0.1, 0.15) is 5.69 Å². The van der Waals surface area contributed by atoms with Gasteiger partial charge in [0.25, 0.3) is 5.91 Å². The molecule has 0 spiro atoms. The number of sulfonamides is 1. The summed E-state index contributed by atoms with van der Waals surface area (Å²) in [6.45, 7) is 8.59. The number of hydrogen-bond acceptors (Lipinski definition) is 7. The molecule has 6 rings (SSSR count). The number of rotatable bonds is 5. The van der Waals surface area contributed by atoms with Crippen LogP contribution < -0.4 is 0 Å². The van der Waals surface area contributed by atoms with Gasteiger partial charge in [0.05, 0.1) is 27.7 Å². The summed E-state index contributed by atoms with van der Waals surface area (Å²) in [5.74, 6) is 0.229. The van der Waals surface area contributed by atoms with Crippen molar-refractivity contribution < 1.29 is 17.9 Å². The second-order valence-corrected chi connectivity index (χ2v) is 14.2. The molecule has 4 heterocycles. The van der Waals surface area contributed by atoms with Gasteiger partial charge in [0.15, 0.2) is 5.17 Å². The van der Waals surface area contributed by atoms with Gasteiger partial charge in [-0.3, -0.25) is 4.79 Å². The van der Waals surface area contributed by atoms with Crippen molar-refractivity contribution >= 4 is 38.9 Å². The van der Waals surface area contributed by atoms with Gasteiger partial charge < -0.3 is 9.64 Å². The number of amides is 1. The molecule has 0 saturated carbocycles. The van der Waals surface area contributed by atoms with E-state index in [1.165, 1.54) is 11.8 Å². The number of aromatic nitrogens is 2. The van der Waals surface area contributed by atoms with Crippen LogP contribution in [0.15, 0.2) is 75.6 Å². The van der Waals surface area contributed by atoms with Crippen molar-refractivity contribution in [3.05, 3.63) is 71.3 Å². The number of benzene rings is 2. The molecule has 220 valence electrons. The monoisotopic (exact) mass is 605 g/mol. The molecule has 3 aromatic rings. The van der Waals surface area contributed by atoms with Gasteiger partial charge in [-0.05, 0) is 74.7 Å². The zero-order valence-electron chi connectivity index (χ0n) is 24.0. The van der Waals surface area contributed by atoms with E-state index >= 15 is 0 Å². The molecule has 2 aromatic carbocycles. The van der Waals surface area contributed by atoms with Crippen molar-refractivity contribution in [2.75, 3.05) is 26.2 Å². The fourth-order valence-corrected chi connectivity index (χ4v) is 8.06. The molecular formula is C31H35N5O4S2. The normalized spacial score (nSPS) is 23.5. The molecule has 2 fully saturated rings. The maximum absolute atomic E-state index is 13.6. The molecular weight excluding hydrogens is 571 g/mol. The number of nitrogens with zero attached hydrogens (tertiary/aromatic N) is 5. The third-order valence-electron chi connectivity index (χ3n) is 7.84. The van der Waals surface area contributed by atoms with Crippen molar-refractivity contribution in [1.82, 2.24) is 19.0 Å². The fourth-order valence-electron chi connectivity index (χ4n) is 5.62. The Bertz CT molecular complexity index is 1630. The van der Waals surface area contributed by atoms with Crippen LogP contribution in [0.1, 0.15) is 39.2 Å². The van der Waals surface area contributed by atoms with E-state index < -0.39 is 10.0 Å². The number of carbonyl (C=O) groups is 1. The van der Waals surface area contributed by atoms with Crippen LogP contribution in [0.4, 0.5) is 0 Å². The van der Waals surface area contributed by atoms with Crippen LogP contribution in [-0.4, -0.2) is 76.9 Å². The number of aliphatic imine (C=N–C) groups is 1. The van der Waals surface area contributed by atoms with Gasteiger partial charge in [-0.1, -0.05) is 37.3 Å². The molecule has 9 nitrogen and oxygen atoms in total. The molecule has 3 aliphatic rings. The van der Waals surface area contributed by atoms with Crippen LogP contribution in [0.5, 0.6) is 0 Å². The Labute approximate surface area is 251 Å². The lowest BCUT2D eigenvalue weighted by molar-refractivity contribution is -0.113. The Kier molecular flexibility index (Phi) is 8.10. The highest BCUT2D eigenvalue weighted by molar-refractivity contribution is 8.18. The Morgan fingerprint density at radius 2 is 1.69 bits per heavy atom. The number of carbonyl (C=O) groups excluding carboxylic acids is 1. The van der Waals surface area contributed by atoms with Crippen LogP contribution >= 0.6 is 11.8 Å². The summed E-state index contributed by atoms with van der Waals surface area (Å²) in [7, 11) is -3.64. The lowest BCUT2D eigenvalue weighted by atomic mass is 10.0. The zero-order chi connectivity index (χ0) is 29.4. The fraction of sp³-hybridized carbons (Fsp3) is 0.387. The van der Waals surface area contributed by atoms with Crippen molar-refractivity contribution in [3.8, 4) is 16.9 Å². The minimum Gasteiger partial charge on any atom is -0.372 e. The third-order valence-corrected chi connectivity index (χ3v) is 10.8. The van der Waals surface area contributed by atoms with Crippen LogP contribution in [0.3, 0.4) is 0 Å². The highest BCUT2D eigenvalue weighted by Crippen LogP contribution is 2.35. The predicted molar refractivity (Wildman–Crippen MR) is 166 cm³/mol. The van der Waals surface area contributed by atoms with Crippen molar-refractivity contribution in [3.63, 3.8) is 0 Å². The molecule has 2 unspecified atom stereocenters. The van der Waals surface area contributed by atoms with E-state index in [9.17, 15) is 13.2 Å². The number of para-hydroxylation sites is 1. The van der Waals surface area contributed by atoms with E-state index in [2.05, 4.69) is 16.8 Å². The summed E-state index contributed by atoms with van der Waals surface area (Å²) in [6, 6.07) is 16.6. The van der Waals surface area contributed by atoms with Gasteiger partial charge in [0.2, 0.25) is 10.0 Å². The third kappa shape index (κ3) is 5.96. The van der Waals surface area contributed by atoms with Crippen LogP contribution in [-0.2, 0) is 19.6 Å². The molecule has 0 N–H and O–H groups in total. The molecule has 2 atom stereocenters. The zero-order valence-corrected chi connectivity index (χ0v) is 25.6. The first-order valence-electron chi connectivity index (χ1n) is 14.4. The number of hydrogen-bond donors (Lipinski definition) is 0. The summed E-state index contributed by atoms with van der Waals surface area (Å²) in [4.78, 5) is 20.3. The first-order chi connectivity index (χ1) is 20.2. The molecule has 1 amide bonds. The quantitative estimate of drug-likeness (QED) is 0.376. The van der Waals surface area contributed by atoms with Gasteiger partial charge in [-0.2, -0.15) is 14.4 Å². The lowest BCUT2D eigenvalue weighted by Crippen LogP contribution is -2.47. The molecule has 0 bridgehead atoms. The molecule has 11 heteroatoms. The number of amidine groups is 1. The van der Waals surface area contributed by atoms with Gasteiger partial charge >= 0.3 is 0 Å². The highest BCUT2D eigenvalue weighted by Gasteiger charge is 2.32. The highest BCUT2D eigenvalue weighted by atomic mass is 32.2. The second kappa shape index (κ2) is 11.8. The van der Waals surface area contributed by atoms with E-state index in [1.54, 1.807) is 27.2 Å². The smallest absolute Gasteiger partial charge is 0.286 e. The topological polar surface area (TPSA) is 97.1 Å². The maximum atomic E-state index is 13.6. The van der Waals surface area contributed by atoms with Crippen LogP contribution in [0, 0.1) is 5.92 Å². The standard InChI is InChI=1S/C31H35N5O4S2/c1-21-12-14-35(15-13-21)42(38,39)27-11-7-8-24(16-27)29-25(20-36(33-29)26-9-5-4-6-10-26)17-28-30(37)32-31(41-28)34-18-22(2)40-23(3)19-34/h4-11,16-17,20-23H,12-15,18-19H2,1-3H3. The summed E-state index contributed by atoms with van der Waals surface area (Å²) in [6.07, 6.45) is 5.49. The van der Waals surface area contributed by atoms with E-state index in [4.69, 9.17) is 9.84 Å². The summed E-state index contributed by atoms with van der Waals surface area (Å²) >= 11 is 1.35. The lowest BCUT2D eigenvalue weighted by Gasteiger charge is -2.35. The average molecular weight is 606 g/mol. The van der Waals surface area contributed by atoms with Gasteiger partial charge in [-0.15, -0.1) is 0 Å². The number of morpholine rings is 1. The van der Waals surface area contributed by atoms with Crippen LogP contribution in [0.2, 0.25) is 0 Å². The summed E-state index contributed by atoms with van der Waals surface area (Å²) in [5.41, 5.74) is 2.81. The Morgan fingerprint density at radius 1 is 0.976 bits per heavy atom. The SMILES string of the molecule is CC1CCN(S(=O)(=O)c2cccc(-c3nn(-c4ccccc4)cc3C=C3SC(N4CC(C)OC(C)C4)=NC3=O)c2)CC1. The van der Waals surface area contributed by atoms with E-state index in [0.29, 0.717) is 59.0 Å². The largest absolute Gasteiger partial charge is 0.372 e. The first-order valence-corrected chi connectivity index (χ1v) is 16.6. The van der Waals surface area contributed by atoms with E-state index in [-0.39, 0.29) is 23.0 Å². The molecule has 2 saturated heterocycles. The number of ether oxygens (including phenoxy) is 1. The molecule has 3 aliphatic heterocycles. The number of piperidine rings is 1. The van der Waals surface area contributed by atoms with E-state index in [1.807, 2.05) is 62.5 Å². The van der Waals surface area contributed by atoms with E-state index in [0.717, 1.165) is 18.5 Å². The first kappa shape index (κ1) is 28.9. The molecule has 1 aromatic heterocycles.